The quantitative estimate of drug-likeness (QED) is 0.539. The minimum Gasteiger partial charge on any atom is -0.458 e. The molecule has 1 aliphatic heterocycles. The lowest BCUT2D eigenvalue weighted by Crippen LogP contribution is -1.87. The van der Waals surface area contributed by atoms with Crippen molar-refractivity contribution in [3.05, 3.63) is 42.3 Å². The molecule has 0 bridgehead atoms. The van der Waals surface area contributed by atoms with Gasteiger partial charge in [0.2, 0.25) is 0 Å². The Hall–Kier alpha value is -1.57. The zero-order chi connectivity index (χ0) is 7.52. The lowest BCUT2D eigenvalue weighted by Gasteiger charge is -1.97. The van der Waals surface area contributed by atoms with E-state index >= 15 is 0 Å². The third-order valence-electron chi connectivity index (χ3n) is 1.47. The van der Waals surface area contributed by atoms with Crippen LogP contribution in [-0.4, -0.2) is 6.21 Å². The second kappa shape index (κ2) is 2.58. The second-order valence-corrected chi connectivity index (χ2v) is 2.22. The number of nitrogens with zero attached hydrogens (tertiary/aromatic N) is 1. The summed E-state index contributed by atoms with van der Waals surface area (Å²) in [6.45, 7) is 0. The summed E-state index contributed by atoms with van der Waals surface area (Å²) in [6.07, 6.45) is 4.97. The van der Waals surface area contributed by atoms with Crippen LogP contribution in [0.5, 0.6) is 5.75 Å². The van der Waals surface area contributed by atoms with Crippen LogP contribution in [0.1, 0.15) is 5.56 Å². The molecule has 2 nitrogen and oxygen atoms in total. The van der Waals surface area contributed by atoms with Gasteiger partial charge in [-0.1, -0.05) is 12.1 Å². The highest BCUT2D eigenvalue weighted by atomic mass is 16.5. The van der Waals surface area contributed by atoms with E-state index in [1.807, 2.05) is 24.3 Å². The van der Waals surface area contributed by atoms with Gasteiger partial charge in [-0.2, -0.15) is 0 Å². The Labute approximate surface area is 64.8 Å². The zero-order valence-corrected chi connectivity index (χ0v) is 5.90. The van der Waals surface area contributed by atoms with Gasteiger partial charge in [-0.25, -0.2) is 0 Å². The number of hydrogen-bond donors (Lipinski definition) is 0. The molecule has 0 aliphatic carbocycles. The van der Waals surface area contributed by atoms with Crippen molar-refractivity contribution in [2.45, 2.75) is 0 Å². The molecule has 11 heavy (non-hydrogen) atoms. The number of para-hydroxylation sites is 1. The first-order valence-electron chi connectivity index (χ1n) is 3.41. The van der Waals surface area contributed by atoms with Crippen molar-refractivity contribution in [3.63, 3.8) is 0 Å². The van der Waals surface area contributed by atoms with Crippen LogP contribution in [0.25, 0.3) is 0 Å². The zero-order valence-electron chi connectivity index (χ0n) is 5.90. The van der Waals surface area contributed by atoms with Crippen LogP contribution < -0.4 is 9.73 Å². The van der Waals surface area contributed by atoms with Gasteiger partial charge in [-0.15, -0.1) is 0 Å². The van der Waals surface area contributed by atoms with E-state index in [0.29, 0.717) is 0 Å². The molecule has 2 heteroatoms. The molecular formula is C9H7NO+. The molecule has 1 heterocycles. The highest BCUT2D eigenvalue weighted by Crippen LogP contribution is 2.16. The predicted octanol–water partition coefficient (Wildman–Crippen LogP) is 1.30. The Kier molecular flexibility index (Phi) is 1.44. The Balaban J connectivity index is 2.52. The summed E-state index contributed by atoms with van der Waals surface area (Å²) in [6, 6.07) is 7.77. The number of fused-ring (bicyclic) bond motifs is 1. The van der Waals surface area contributed by atoms with Crippen molar-refractivity contribution in [2.75, 3.05) is 0 Å². The summed E-state index contributed by atoms with van der Waals surface area (Å²) in [7, 11) is 0. The summed E-state index contributed by atoms with van der Waals surface area (Å²) >= 11 is 0. The number of ether oxygens (including phenoxy) is 1. The fraction of sp³-hybridized carbons (Fsp3) is 0. The van der Waals surface area contributed by atoms with Crippen LogP contribution in [0.4, 0.5) is 0 Å². The minimum atomic E-state index is 0.852. The summed E-state index contributed by atoms with van der Waals surface area (Å²) in [5.41, 5.74) is 1.01. The fourth-order valence-electron chi connectivity index (χ4n) is 0.957. The van der Waals surface area contributed by atoms with Gasteiger partial charge >= 0.3 is 0 Å². The van der Waals surface area contributed by atoms with Crippen LogP contribution in [0.15, 0.2) is 36.7 Å². The first-order valence-corrected chi connectivity index (χ1v) is 3.41. The number of rotatable bonds is 0. The van der Waals surface area contributed by atoms with Gasteiger partial charge in [-0.3, -0.25) is 0 Å². The Morgan fingerprint density at radius 1 is 1.18 bits per heavy atom. The SMILES string of the molecule is C1=COc2ccccc2C=[N+]1. The standard InChI is InChI=1S/C9H7NO/c1-2-4-9-8(3-1)7-10-5-6-11-9/h1-7H/q+1. The Morgan fingerprint density at radius 3 is 3.09 bits per heavy atom. The normalized spacial score (nSPS) is 13.5. The van der Waals surface area contributed by atoms with Gasteiger partial charge in [0.25, 0.3) is 12.4 Å². The molecule has 0 N–H and O–H groups in total. The third kappa shape index (κ3) is 1.15. The van der Waals surface area contributed by atoms with E-state index in [4.69, 9.17) is 4.74 Å². The maximum absolute atomic E-state index is 5.24. The first-order chi connectivity index (χ1) is 5.47. The summed E-state index contributed by atoms with van der Waals surface area (Å²) in [4.78, 5) is 3.98. The van der Waals surface area contributed by atoms with Crippen molar-refractivity contribution in [2.24, 2.45) is 0 Å². The van der Waals surface area contributed by atoms with Crippen molar-refractivity contribution >= 4 is 6.21 Å². The highest BCUT2D eigenvalue weighted by molar-refractivity contribution is 5.83. The largest absolute Gasteiger partial charge is 0.458 e. The molecule has 53 valence electrons. The predicted molar refractivity (Wildman–Crippen MR) is 43.5 cm³/mol. The smallest absolute Gasteiger partial charge is 0.277 e. The average molecular weight is 145 g/mol. The third-order valence-corrected chi connectivity index (χ3v) is 1.47. The van der Waals surface area contributed by atoms with Gasteiger partial charge in [0.05, 0.1) is 10.6 Å². The Bertz CT molecular complexity index is 315. The van der Waals surface area contributed by atoms with E-state index in [0.717, 1.165) is 11.3 Å². The van der Waals surface area contributed by atoms with Crippen molar-refractivity contribution < 1.29 is 4.74 Å². The molecule has 1 aromatic rings. The van der Waals surface area contributed by atoms with E-state index in [-0.39, 0.29) is 0 Å². The molecule has 0 unspecified atom stereocenters. The van der Waals surface area contributed by atoms with Crippen molar-refractivity contribution in [3.8, 4) is 5.75 Å². The van der Waals surface area contributed by atoms with Crippen LogP contribution in [0.2, 0.25) is 0 Å². The monoisotopic (exact) mass is 145 g/mol. The second-order valence-electron chi connectivity index (χ2n) is 2.22. The van der Waals surface area contributed by atoms with E-state index in [2.05, 4.69) is 4.99 Å². The van der Waals surface area contributed by atoms with Gasteiger partial charge in [0.15, 0.2) is 6.26 Å². The van der Waals surface area contributed by atoms with Crippen LogP contribution >= 0.6 is 0 Å². The molecule has 1 radical (unpaired) electrons. The molecule has 0 amide bonds. The fourth-order valence-corrected chi connectivity index (χ4v) is 0.957. The topological polar surface area (TPSA) is 23.3 Å². The molecular weight excluding hydrogens is 138 g/mol. The minimum absolute atomic E-state index is 0.852. The number of benzene rings is 1. The maximum atomic E-state index is 5.24. The summed E-state index contributed by atoms with van der Waals surface area (Å²) in [5.74, 6) is 0.852. The van der Waals surface area contributed by atoms with Gasteiger partial charge in [-0.05, 0) is 12.1 Å². The maximum Gasteiger partial charge on any atom is 0.277 e. The molecule has 0 saturated carbocycles. The number of hydrogen-bond acceptors (Lipinski definition) is 2. The van der Waals surface area contributed by atoms with Gasteiger partial charge < -0.3 is 4.74 Å². The average Bonchev–Trinajstić information content (AvgIpc) is 2.28. The molecule has 0 aromatic heterocycles. The molecule has 0 saturated heterocycles. The molecule has 2 rings (SSSR count). The van der Waals surface area contributed by atoms with Crippen LogP contribution in [0.3, 0.4) is 0 Å². The molecule has 0 spiro atoms. The molecule has 0 fully saturated rings. The molecule has 1 aliphatic rings. The van der Waals surface area contributed by atoms with Crippen molar-refractivity contribution in [1.29, 1.82) is 0 Å². The van der Waals surface area contributed by atoms with E-state index in [1.165, 1.54) is 0 Å². The van der Waals surface area contributed by atoms with Crippen LogP contribution in [-0.2, 0) is 0 Å². The van der Waals surface area contributed by atoms with E-state index in [1.54, 1.807) is 18.7 Å². The highest BCUT2D eigenvalue weighted by Gasteiger charge is 2.05. The Morgan fingerprint density at radius 2 is 2.09 bits per heavy atom. The summed E-state index contributed by atoms with van der Waals surface area (Å²) in [5, 5.41) is 0. The molecule has 1 aromatic carbocycles. The molecule has 0 atom stereocenters. The van der Waals surface area contributed by atoms with Gasteiger partial charge in [0, 0.05) is 0 Å². The lowest BCUT2D eigenvalue weighted by molar-refractivity contribution is 0.480. The lowest BCUT2D eigenvalue weighted by atomic mass is 10.2. The van der Waals surface area contributed by atoms with Crippen LogP contribution in [0, 0.1) is 0 Å². The van der Waals surface area contributed by atoms with Crippen molar-refractivity contribution in [1.82, 2.24) is 4.99 Å². The van der Waals surface area contributed by atoms with E-state index < -0.39 is 0 Å². The van der Waals surface area contributed by atoms with Gasteiger partial charge in [0.1, 0.15) is 5.75 Å². The number of aliphatic imine (C=N–C) groups is 1. The summed E-state index contributed by atoms with van der Waals surface area (Å²) < 4.78 is 5.24. The van der Waals surface area contributed by atoms with E-state index in [9.17, 15) is 0 Å². The first kappa shape index (κ1) is 6.16.